The Morgan fingerprint density at radius 1 is 1.00 bits per heavy atom. The highest BCUT2D eigenvalue weighted by Gasteiger charge is 2.28. The normalized spacial score (nSPS) is 16.5. The third-order valence-corrected chi connectivity index (χ3v) is 6.70. The standard InChI is InChI=1S/C20H26N2O3S/c1-17-5-3-8-20(15-17)26(23,24)22-13-11-21(12-14-22)10-9-18-6-4-7-19(16-18)25-2/h3-8,15-16H,9-14H2,1-2H3. The fraction of sp³-hybridized carbons (Fsp3) is 0.400. The molecular formula is C20H26N2O3S. The van der Waals surface area contributed by atoms with Gasteiger partial charge in [-0.15, -0.1) is 0 Å². The fourth-order valence-electron chi connectivity index (χ4n) is 3.23. The lowest BCUT2D eigenvalue weighted by atomic mass is 10.1. The Labute approximate surface area is 156 Å². The molecule has 1 aliphatic heterocycles. The second-order valence-electron chi connectivity index (χ2n) is 6.66. The van der Waals surface area contributed by atoms with E-state index in [1.807, 2.05) is 25.1 Å². The van der Waals surface area contributed by atoms with Crippen molar-refractivity contribution in [2.45, 2.75) is 18.2 Å². The Balaban J connectivity index is 1.55. The molecule has 0 aliphatic carbocycles. The van der Waals surface area contributed by atoms with Crippen LogP contribution in [0.4, 0.5) is 0 Å². The number of hydrogen-bond donors (Lipinski definition) is 0. The Hall–Kier alpha value is -1.89. The summed E-state index contributed by atoms with van der Waals surface area (Å²) in [6, 6.07) is 15.2. The third kappa shape index (κ3) is 4.44. The molecule has 0 N–H and O–H groups in total. The molecule has 0 spiro atoms. The summed E-state index contributed by atoms with van der Waals surface area (Å²) in [7, 11) is -1.72. The lowest BCUT2D eigenvalue weighted by Crippen LogP contribution is -2.49. The van der Waals surface area contributed by atoms with Gasteiger partial charge in [0, 0.05) is 32.7 Å². The summed E-state index contributed by atoms with van der Waals surface area (Å²) in [5.41, 5.74) is 2.20. The Morgan fingerprint density at radius 3 is 2.42 bits per heavy atom. The van der Waals surface area contributed by atoms with Gasteiger partial charge >= 0.3 is 0 Å². The molecule has 6 heteroatoms. The molecule has 0 bridgehead atoms. The first kappa shape index (κ1) is 18.9. The van der Waals surface area contributed by atoms with Crippen LogP contribution in [0.5, 0.6) is 5.75 Å². The molecule has 1 heterocycles. The second-order valence-corrected chi connectivity index (χ2v) is 8.60. The van der Waals surface area contributed by atoms with E-state index in [2.05, 4.69) is 17.0 Å². The average molecular weight is 375 g/mol. The number of rotatable bonds is 6. The van der Waals surface area contributed by atoms with Gasteiger partial charge in [0.1, 0.15) is 5.75 Å². The van der Waals surface area contributed by atoms with Gasteiger partial charge in [0.15, 0.2) is 0 Å². The highest BCUT2D eigenvalue weighted by Crippen LogP contribution is 2.19. The number of benzene rings is 2. The molecule has 0 aromatic heterocycles. The first-order valence-electron chi connectivity index (χ1n) is 8.91. The average Bonchev–Trinajstić information content (AvgIpc) is 2.67. The van der Waals surface area contributed by atoms with Crippen molar-refractivity contribution in [3.8, 4) is 5.75 Å². The minimum Gasteiger partial charge on any atom is -0.497 e. The van der Waals surface area contributed by atoms with Gasteiger partial charge in [-0.05, 0) is 48.7 Å². The minimum absolute atomic E-state index is 0.391. The van der Waals surface area contributed by atoms with Gasteiger partial charge in [-0.1, -0.05) is 24.3 Å². The van der Waals surface area contributed by atoms with Crippen molar-refractivity contribution >= 4 is 10.0 Å². The SMILES string of the molecule is COc1cccc(CCN2CCN(S(=O)(=O)c3cccc(C)c3)CC2)c1. The third-order valence-electron chi connectivity index (χ3n) is 4.81. The Kier molecular flexibility index (Phi) is 5.96. The molecule has 1 saturated heterocycles. The molecule has 2 aromatic rings. The Bertz CT molecular complexity index is 844. The molecule has 1 fully saturated rings. The van der Waals surface area contributed by atoms with Crippen LogP contribution in [0.2, 0.25) is 0 Å². The molecule has 2 aromatic carbocycles. The maximum Gasteiger partial charge on any atom is 0.243 e. The van der Waals surface area contributed by atoms with Crippen LogP contribution in [0.15, 0.2) is 53.4 Å². The molecule has 0 atom stereocenters. The molecule has 0 saturated carbocycles. The van der Waals surface area contributed by atoms with Crippen LogP contribution in [-0.4, -0.2) is 57.5 Å². The van der Waals surface area contributed by atoms with Gasteiger partial charge in [-0.2, -0.15) is 4.31 Å². The lowest BCUT2D eigenvalue weighted by Gasteiger charge is -2.34. The summed E-state index contributed by atoms with van der Waals surface area (Å²) in [6.07, 6.45) is 0.932. The number of nitrogens with zero attached hydrogens (tertiary/aromatic N) is 2. The zero-order valence-electron chi connectivity index (χ0n) is 15.4. The van der Waals surface area contributed by atoms with E-state index in [1.165, 1.54) is 5.56 Å². The van der Waals surface area contributed by atoms with Crippen molar-refractivity contribution in [2.24, 2.45) is 0 Å². The number of ether oxygens (including phenoxy) is 1. The zero-order valence-corrected chi connectivity index (χ0v) is 16.2. The van der Waals surface area contributed by atoms with Crippen LogP contribution in [-0.2, 0) is 16.4 Å². The number of methoxy groups -OCH3 is 1. The second kappa shape index (κ2) is 8.20. The summed E-state index contributed by atoms with van der Waals surface area (Å²) in [6.45, 7) is 5.42. The van der Waals surface area contributed by atoms with Gasteiger partial charge in [-0.3, -0.25) is 0 Å². The van der Waals surface area contributed by atoms with Crippen molar-refractivity contribution in [2.75, 3.05) is 39.8 Å². The van der Waals surface area contributed by atoms with Crippen LogP contribution in [0.1, 0.15) is 11.1 Å². The van der Waals surface area contributed by atoms with Gasteiger partial charge in [0.05, 0.1) is 12.0 Å². The minimum atomic E-state index is -3.39. The number of hydrogen-bond acceptors (Lipinski definition) is 4. The van der Waals surface area contributed by atoms with Crippen molar-refractivity contribution in [3.05, 3.63) is 59.7 Å². The maximum atomic E-state index is 12.8. The van der Waals surface area contributed by atoms with Crippen molar-refractivity contribution in [3.63, 3.8) is 0 Å². The molecule has 0 unspecified atom stereocenters. The van der Waals surface area contributed by atoms with E-state index < -0.39 is 10.0 Å². The summed E-state index contributed by atoms with van der Waals surface area (Å²) in [5.74, 6) is 0.872. The molecule has 0 radical (unpaired) electrons. The quantitative estimate of drug-likeness (QED) is 0.780. The van der Waals surface area contributed by atoms with Crippen molar-refractivity contribution in [1.82, 2.24) is 9.21 Å². The molecule has 1 aliphatic rings. The first-order chi connectivity index (χ1) is 12.5. The van der Waals surface area contributed by atoms with E-state index in [0.29, 0.717) is 18.0 Å². The summed E-state index contributed by atoms with van der Waals surface area (Å²) in [4.78, 5) is 2.71. The number of aryl methyl sites for hydroxylation is 1. The molecule has 26 heavy (non-hydrogen) atoms. The van der Waals surface area contributed by atoms with Gasteiger partial charge in [0.25, 0.3) is 0 Å². The van der Waals surface area contributed by atoms with Crippen molar-refractivity contribution < 1.29 is 13.2 Å². The van der Waals surface area contributed by atoms with Crippen LogP contribution in [0.3, 0.4) is 0 Å². The van der Waals surface area contributed by atoms with Gasteiger partial charge in [-0.25, -0.2) is 8.42 Å². The number of sulfonamides is 1. The monoisotopic (exact) mass is 374 g/mol. The zero-order chi connectivity index (χ0) is 18.6. The van der Waals surface area contributed by atoms with E-state index >= 15 is 0 Å². The molecule has 0 amide bonds. The fourth-order valence-corrected chi connectivity index (χ4v) is 4.76. The smallest absolute Gasteiger partial charge is 0.243 e. The highest BCUT2D eigenvalue weighted by molar-refractivity contribution is 7.89. The largest absolute Gasteiger partial charge is 0.497 e. The van der Waals surface area contributed by atoms with Crippen LogP contribution >= 0.6 is 0 Å². The molecule has 3 rings (SSSR count). The molecular weight excluding hydrogens is 348 g/mol. The van der Waals surface area contributed by atoms with E-state index in [1.54, 1.807) is 29.6 Å². The summed E-state index contributed by atoms with van der Waals surface area (Å²) >= 11 is 0. The summed E-state index contributed by atoms with van der Waals surface area (Å²) in [5, 5.41) is 0. The predicted octanol–water partition coefficient (Wildman–Crippen LogP) is 2.55. The first-order valence-corrected chi connectivity index (χ1v) is 10.3. The van der Waals surface area contributed by atoms with E-state index in [-0.39, 0.29) is 0 Å². The van der Waals surface area contributed by atoms with Gasteiger partial charge in [0.2, 0.25) is 10.0 Å². The maximum absolute atomic E-state index is 12.8. The van der Waals surface area contributed by atoms with Crippen LogP contribution in [0.25, 0.3) is 0 Å². The highest BCUT2D eigenvalue weighted by atomic mass is 32.2. The van der Waals surface area contributed by atoms with Crippen molar-refractivity contribution in [1.29, 1.82) is 0 Å². The van der Waals surface area contributed by atoms with E-state index in [4.69, 9.17) is 4.74 Å². The number of piperazine rings is 1. The van der Waals surface area contributed by atoms with Gasteiger partial charge < -0.3 is 9.64 Å². The molecule has 5 nitrogen and oxygen atoms in total. The van der Waals surface area contributed by atoms with Crippen LogP contribution in [0, 0.1) is 6.92 Å². The predicted molar refractivity (Wildman–Crippen MR) is 103 cm³/mol. The Morgan fingerprint density at radius 2 is 1.73 bits per heavy atom. The lowest BCUT2D eigenvalue weighted by molar-refractivity contribution is 0.190. The summed E-state index contributed by atoms with van der Waals surface area (Å²) < 4.78 is 32.4. The topological polar surface area (TPSA) is 49.9 Å². The molecule has 140 valence electrons. The van der Waals surface area contributed by atoms with Crippen LogP contribution < -0.4 is 4.74 Å². The van der Waals surface area contributed by atoms with E-state index in [9.17, 15) is 8.42 Å². The van der Waals surface area contributed by atoms with E-state index in [0.717, 1.165) is 37.4 Å².